The topological polar surface area (TPSA) is 54.5 Å². The van der Waals surface area contributed by atoms with Gasteiger partial charge in [0.1, 0.15) is 16.7 Å². The molecular formula is C23H30FN3O2S. The summed E-state index contributed by atoms with van der Waals surface area (Å²) in [5, 5.41) is 3.66. The summed E-state index contributed by atoms with van der Waals surface area (Å²) in [5.41, 5.74) is 2.22. The van der Waals surface area contributed by atoms with Crippen molar-refractivity contribution < 1.29 is 13.9 Å². The first-order valence-corrected chi connectivity index (χ1v) is 11.5. The van der Waals surface area contributed by atoms with Gasteiger partial charge in [-0.05, 0) is 48.4 Å². The van der Waals surface area contributed by atoms with Crippen molar-refractivity contribution in [2.45, 2.75) is 51.2 Å². The van der Waals surface area contributed by atoms with Gasteiger partial charge in [0.25, 0.3) is 5.91 Å². The van der Waals surface area contributed by atoms with Crippen LogP contribution >= 0.6 is 11.8 Å². The molecule has 2 heterocycles. The second-order valence-electron chi connectivity index (χ2n) is 7.43. The van der Waals surface area contributed by atoms with E-state index in [9.17, 15) is 9.18 Å². The Hall–Kier alpha value is -2.12. The van der Waals surface area contributed by atoms with E-state index in [4.69, 9.17) is 9.72 Å². The molecule has 2 aromatic rings. The number of rotatable bonds is 8. The minimum absolute atomic E-state index is 0.182. The molecule has 1 unspecified atom stereocenters. The number of nitrogens with one attached hydrogen (secondary N) is 1. The molecule has 1 aliphatic heterocycles. The van der Waals surface area contributed by atoms with Crippen LogP contribution in [-0.2, 0) is 11.3 Å². The van der Waals surface area contributed by atoms with E-state index in [0.29, 0.717) is 24.8 Å². The average Bonchev–Trinajstić information content (AvgIpc) is 2.73. The van der Waals surface area contributed by atoms with Crippen LogP contribution in [0.2, 0.25) is 0 Å². The van der Waals surface area contributed by atoms with Crippen molar-refractivity contribution in [2.75, 3.05) is 30.4 Å². The summed E-state index contributed by atoms with van der Waals surface area (Å²) in [6.07, 6.45) is 2.13. The highest BCUT2D eigenvalue weighted by atomic mass is 32.2. The fourth-order valence-corrected chi connectivity index (χ4v) is 4.57. The third kappa shape index (κ3) is 5.52. The summed E-state index contributed by atoms with van der Waals surface area (Å²) in [7, 11) is 0. The van der Waals surface area contributed by atoms with E-state index in [1.54, 1.807) is 23.9 Å². The molecule has 1 fully saturated rings. The predicted octanol–water partition coefficient (Wildman–Crippen LogP) is 4.58. The Labute approximate surface area is 182 Å². The number of ether oxygens (including phenoxy) is 1. The van der Waals surface area contributed by atoms with Crippen LogP contribution < -0.4 is 10.2 Å². The van der Waals surface area contributed by atoms with Crippen LogP contribution in [0.4, 0.5) is 10.2 Å². The standard InChI is InChI=1S/C23H30FN3O2S/c1-4-7-19-15-29-11-10-27(19)20-12-16(3)21(23(26-20)30-5-2)22(28)25-14-17-8-6-9-18(24)13-17/h6,8-9,12-13,19H,4-5,7,10-11,14-15H2,1-3H3,(H,25,28). The number of carbonyl (C=O) groups is 1. The number of benzene rings is 1. The van der Waals surface area contributed by atoms with Gasteiger partial charge in [0.15, 0.2) is 0 Å². The van der Waals surface area contributed by atoms with Gasteiger partial charge in [-0.3, -0.25) is 4.79 Å². The molecule has 1 saturated heterocycles. The number of thioether (sulfide) groups is 1. The van der Waals surface area contributed by atoms with Crippen LogP contribution in [0.3, 0.4) is 0 Å². The van der Waals surface area contributed by atoms with Gasteiger partial charge in [0.05, 0.1) is 24.8 Å². The van der Waals surface area contributed by atoms with Crippen molar-refractivity contribution in [1.29, 1.82) is 0 Å². The Morgan fingerprint density at radius 3 is 2.93 bits per heavy atom. The number of nitrogens with zero attached hydrogens (tertiary/aromatic N) is 2. The molecule has 1 aromatic heterocycles. The van der Waals surface area contributed by atoms with Gasteiger partial charge in [0, 0.05) is 13.1 Å². The van der Waals surface area contributed by atoms with Gasteiger partial charge >= 0.3 is 0 Å². The van der Waals surface area contributed by atoms with Gasteiger partial charge in [0.2, 0.25) is 0 Å². The van der Waals surface area contributed by atoms with Crippen LogP contribution in [0.25, 0.3) is 0 Å². The number of aryl methyl sites for hydroxylation is 1. The predicted molar refractivity (Wildman–Crippen MR) is 120 cm³/mol. The van der Waals surface area contributed by atoms with Crippen LogP contribution in [0.5, 0.6) is 0 Å². The normalized spacial score (nSPS) is 16.5. The van der Waals surface area contributed by atoms with Gasteiger partial charge in [-0.1, -0.05) is 32.4 Å². The summed E-state index contributed by atoms with van der Waals surface area (Å²) in [6.45, 7) is 8.66. The molecular weight excluding hydrogens is 401 g/mol. The molecule has 0 aliphatic carbocycles. The van der Waals surface area contributed by atoms with Gasteiger partial charge in [-0.25, -0.2) is 9.37 Å². The lowest BCUT2D eigenvalue weighted by molar-refractivity contribution is 0.0907. The van der Waals surface area contributed by atoms with Gasteiger partial charge in [-0.2, -0.15) is 0 Å². The van der Waals surface area contributed by atoms with E-state index >= 15 is 0 Å². The maximum atomic E-state index is 13.4. The lowest BCUT2D eigenvalue weighted by atomic mass is 10.1. The SMILES string of the molecule is CCCC1COCCN1c1cc(C)c(C(=O)NCc2cccc(F)c2)c(SCC)n1. The highest BCUT2D eigenvalue weighted by Gasteiger charge is 2.26. The zero-order valence-corrected chi connectivity index (χ0v) is 18.7. The number of hydrogen-bond donors (Lipinski definition) is 1. The third-order valence-corrected chi connectivity index (χ3v) is 6.02. The molecule has 1 amide bonds. The molecule has 0 radical (unpaired) electrons. The van der Waals surface area contributed by atoms with Crippen molar-refractivity contribution in [1.82, 2.24) is 10.3 Å². The molecule has 0 bridgehead atoms. The van der Waals surface area contributed by atoms with E-state index < -0.39 is 0 Å². The van der Waals surface area contributed by atoms with Crippen LogP contribution in [0.15, 0.2) is 35.4 Å². The fourth-order valence-electron chi connectivity index (χ4n) is 3.74. The minimum atomic E-state index is -0.307. The molecule has 1 N–H and O–H groups in total. The maximum Gasteiger partial charge on any atom is 0.254 e. The Bertz CT molecular complexity index is 876. The number of carbonyl (C=O) groups excluding carboxylic acids is 1. The van der Waals surface area contributed by atoms with E-state index in [1.165, 1.54) is 12.1 Å². The van der Waals surface area contributed by atoms with E-state index in [-0.39, 0.29) is 18.3 Å². The first kappa shape index (κ1) is 22.6. The highest BCUT2D eigenvalue weighted by Crippen LogP contribution is 2.29. The Morgan fingerprint density at radius 1 is 1.37 bits per heavy atom. The number of amides is 1. The first-order chi connectivity index (χ1) is 14.5. The second kappa shape index (κ2) is 10.8. The molecule has 0 spiro atoms. The third-order valence-electron chi connectivity index (χ3n) is 5.16. The fraction of sp³-hybridized carbons (Fsp3) is 0.478. The summed E-state index contributed by atoms with van der Waals surface area (Å²) in [6, 6.07) is 8.58. The van der Waals surface area contributed by atoms with Crippen LogP contribution in [0, 0.1) is 12.7 Å². The average molecular weight is 432 g/mol. The van der Waals surface area contributed by atoms with Crippen molar-refractivity contribution in [2.24, 2.45) is 0 Å². The van der Waals surface area contributed by atoms with Crippen molar-refractivity contribution in [3.63, 3.8) is 0 Å². The largest absolute Gasteiger partial charge is 0.377 e. The van der Waals surface area contributed by atoms with E-state index in [1.807, 2.05) is 13.0 Å². The van der Waals surface area contributed by atoms with E-state index in [0.717, 1.165) is 47.1 Å². The lowest BCUT2D eigenvalue weighted by Gasteiger charge is -2.37. The molecule has 30 heavy (non-hydrogen) atoms. The van der Waals surface area contributed by atoms with Crippen LogP contribution in [0.1, 0.15) is 48.2 Å². The molecule has 1 aromatic carbocycles. The molecule has 7 heteroatoms. The molecule has 1 atom stereocenters. The number of morpholine rings is 1. The highest BCUT2D eigenvalue weighted by molar-refractivity contribution is 7.99. The minimum Gasteiger partial charge on any atom is -0.377 e. The number of hydrogen-bond acceptors (Lipinski definition) is 5. The maximum absolute atomic E-state index is 13.4. The van der Waals surface area contributed by atoms with Crippen molar-refractivity contribution in [3.05, 3.63) is 52.8 Å². The zero-order chi connectivity index (χ0) is 21.5. The van der Waals surface area contributed by atoms with Gasteiger partial charge < -0.3 is 15.0 Å². The summed E-state index contributed by atoms with van der Waals surface area (Å²) < 4.78 is 19.1. The molecule has 3 rings (SSSR count). The van der Waals surface area contributed by atoms with Crippen molar-refractivity contribution >= 4 is 23.5 Å². The Morgan fingerprint density at radius 2 is 2.20 bits per heavy atom. The molecule has 162 valence electrons. The lowest BCUT2D eigenvalue weighted by Crippen LogP contribution is -2.46. The van der Waals surface area contributed by atoms with Crippen molar-refractivity contribution in [3.8, 4) is 0 Å². The Balaban J connectivity index is 1.84. The summed E-state index contributed by atoms with van der Waals surface area (Å²) in [5.74, 6) is 1.24. The molecule has 1 aliphatic rings. The van der Waals surface area contributed by atoms with E-state index in [2.05, 4.69) is 24.1 Å². The van der Waals surface area contributed by atoms with Crippen LogP contribution in [-0.4, -0.2) is 42.4 Å². The smallest absolute Gasteiger partial charge is 0.254 e. The summed E-state index contributed by atoms with van der Waals surface area (Å²) in [4.78, 5) is 20.2. The number of aromatic nitrogens is 1. The van der Waals surface area contributed by atoms with Gasteiger partial charge in [-0.15, -0.1) is 11.8 Å². The monoisotopic (exact) mass is 431 g/mol. The Kier molecular flexibility index (Phi) is 8.10. The quantitative estimate of drug-likeness (QED) is 0.620. The zero-order valence-electron chi connectivity index (χ0n) is 17.9. The number of pyridine rings is 1. The number of anilines is 1. The summed E-state index contributed by atoms with van der Waals surface area (Å²) >= 11 is 1.57. The molecule has 0 saturated carbocycles. The first-order valence-electron chi connectivity index (χ1n) is 10.5. The molecule has 5 nitrogen and oxygen atoms in total. The second-order valence-corrected chi connectivity index (χ2v) is 8.69. The number of halogens is 1.